The normalized spacial score (nSPS) is 20.3. The van der Waals surface area contributed by atoms with Crippen molar-refractivity contribution in [2.24, 2.45) is 0 Å². The number of carbonyl (C=O) groups excluding carboxylic acids is 2. The van der Waals surface area contributed by atoms with Gasteiger partial charge >= 0.3 is 0 Å². The van der Waals surface area contributed by atoms with E-state index in [-0.39, 0.29) is 30.6 Å². The second-order valence-electron chi connectivity index (χ2n) is 6.97. The summed E-state index contributed by atoms with van der Waals surface area (Å²) in [6.07, 6.45) is 7.69. The zero-order chi connectivity index (χ0) is 17.6. The van der Waals surface area contributed by atoms with Gasteiger partial charge in [0.1, 0.15) is 5.82 Å². The smallest absolute Gasteiger partial charge is 0.228 e. The summed E-state index contributed by atoms with van der Waals surface area (Å²) < 4.78 is 13.3. The predicted molar refractivity (Wildman–Crippen MR) is 102 cm³/mol. The Bertz CT molecular complexity index is 633. The second kappa shape index (κ2) is 9.88. The molecule has 5 nitrogen and oxygen atoms in total. The first-order valence-electron chi connectivity index (χ1n) is 9.24. The topological polar surface area (TPSA) is 70.2 Å². The van der Waals surface area contributed by atoms with Crippen LogP contribution < -0.4 is 16.0 Å². The number of nitrogens with one attached hydrogen (secondary N) is 3. The molecule has 0 spiro atoms. The highest BCUT2D eigenvalue weighted by Gasteiger charge is 2.30. The van der Waals surface area contributed by atoms with Gasteiger partial charge in [0.15, 0.2) is 0 Å². The molecular weight excluding hydrogens is 357 g/mol. The van der Waals surface area contributed by atoms with Crippen LogP contribution in [0.1, 0.15) is 56.4 Å². The van der Waals surface area contributed by atoms with Gasteiger partial charge in [-0.05, 0) is 30.5 Å². The fourth-order valence-electron chi connectivity index (χ4n) is 3.74. The molecule has 1 saturated carbocycles. The molecule has 26 heavy (non-hydrogen) atoms. The molecule has 3 rings (SSSR count). The van der Waals surface area contributed by atoms with Crippen molar-refractivity contribution in [3.05, 3.63) is 29.6 Å². The van der Waals surface area contributed by atoms with Gasteiger partial charge in [0, 0.05) is 31.2 Å². The van der Waals surface area contributed by atoms with Crippen LogP contribution in [0, 0.1) is 5.82 Å². The molecule has 1 fully saturated rings. The molecule has 2 amide bonds. The lowest BCUT2D eigenvalue weighted by Crippen LogP contribution is -2.40. The van der Waals surface area contributed by atoms with Crippen LogP contribution in [0.4, 0.5) is 10.1 Å². The third-order valence-corrected chi connectivity index (χ3v) is 5.08. The van der Waals surface area contributed by atoms with E-state index in [0.717, 1.165) is 6.54 Å². The average Bonchev–Trinajstić information content (AvgIpc) is 2.86. The van der Waals surface area contributed by atoms with Gasteiger partial charge in [-0.25, -0.2) is 4.39 Å². The van der Waals surface area contributed by atoms with Crippen LogP contribution in [-0.4, -0.2) is 30.9 Å². The Labute approximate surface area is 159 Å². The highest BCUT2D eigenvalue weighted by molar-refractivity contribution is 6.01. The van der Waals surface area contributed by atoms with Crippen molar-refractivity contribution in [3.63, 3.8) is 0 Å². The van der Waals surface area contributed by atoms with Gasteiger partial charge in [-0.2, -0.15) is 0 Å². The van der Waals surface area contributed by atoms with Crippen LogP contribution in [0.15, 0.2) is 18.2 Å². The molecule has 1 aromatic rings. The van der Waals surface area contributed by atoms with E-state index in [1.54, 1.807) is 6.07 Å². The monoisotopic (exact) mass is 383 g/mol. The van der Waals surface area contributed by atoms with Gasteiger partial charge in [-0.3, -0.25) is 9.59 Å². The lowest BCUT2D eigenvalue weighted by molar-refractivity contribution is -0.126. The maximum Gasteiger partial charge on any atom is 0.228 e. The molecule has 2 aliphatic rings. The SMILES string of the molecule is Cl.O=C1CC(C(=O)NCCNC2CCCCCC2)c2ccc(F)cc2N1. The number of hydrogen-bond donors (Lipinski definition) is 3. The number of hydrogen-bond acceptors (Lipinski definition) is 3. The summed E-state index contributed by atoms with van der Waals surface area (Å²) in [6.45, 7) is 1.26. The molecular formula is C19H27ClFN3O2. The lowest BCUT2D eigenvalue weighted by atomic mass is 9.89. The molecule has 1 aliphatic carbocycles. The summed E-state index contributed by atoms with van der Waals surface area (Å²) in [4.78, 5) is 24.3. The summed E-state index contributed by atoms with van der Waals surface area (Å²) in [7, 11) is 0. The Morgan fingerprint density at radius 2 is 1.88 bits per heavy atom. The zero-order valence-corrected chi connectivity index (χ0v) is 15.7. The first kappa shape index (κ1) is 20.6. The van der Waals surface area contributed by atoms with E-state index in [1.807, 2.05) is 0 Å². The van der Waals surface area contributed by atoms with Gasteiger partial charge in [-0.15, -0.1) is 12.4 Å². The minimum atomic E-state index is -0.553. The molecule has 7 heteroatoms. The molecule has 0 aromatic heterocycles. The molecule has 1 aromatic carbocycles. The second-order valence-corrected chi connectivity index (χ2v) is 6.97. The van der Waals surface area contributed by atoms with E-state index in [1.165, 1.54) is 50.7 Å². The Hall–Kier alpha value is -1.66. The molecule has 1 heterocycles. The maximum absolute atomic E-state index is 13.3. The molecule has 1 aliphatic heterocycles. The van der Waals surface area contributed by atoms with Gasteiger partial charge in [0.2, 0.25) is 11.8 Å². The first-order chi connectivity index (χ1) is 12.1. The lowest BCUT2D eigenvalue weighted by Gasteiger charge is -2.25. The van der Waals surface area contributed by atoms with Crippen molar-refractivity contribution >= 4 is 29.9 Å². The van der Waals surface area contributed by atoms with Crippen LogP contribution in [0.5, 0.6) is 0 Å². The fourth-order valence-corrected chi connectivity index (χ4v) is 3.74. The number of benzene rings is 1. The fraction of sp³-hybridized carbons (Fsp3) is 0.579. The van der Waals surface area contributed by atoms with Crippen LogP contribution in [0.2, 0.25) is 0 Å². The number of amides is 2. The minimum Gasteiger partial charge on any atom is -0.354 e. The quantitative estimate of drug-likeness (QED) is 0.540. The predicted octanol–water partition coefficient (Wildman–Crippen LogP) is 3.10. The summed E-state index contributed by atoms with van der Waals surface area (Å²) >= 11 is 0. The van der Waals surface area contributed by atoms with Gasteiger partial charge in [0.05, 0.1) is 5.92 Å². The van der Waals surface area contributed by atoms with E-state index in [0.29, 0.717) is 23.8 Å². The van der Waals surface area contributed by atoms with Gasteiger partial charge in [-0.1, -0.05) is 31.7 Å². The van der Waals surface area contributed by atoms with E-state index >= 15 is 0 Å². The van der Waals surface area contributed by atoms with Crippen molar-refractivity contribution in [3.8, 4) is 0 Å². The van der Waals surface area contributed by atoms with E-state index < -0.39 is 11.7 Å². The molecule has 0 radical (unpaired) electrons. The largest absolute Gasteiger partial charge is 0.354 e. The average molecular weight is 384 g/mol. The highest BCUT2D eigenvalue weighted by atomic mass is 35.5. The van der Waals surface area contributed by atoms with Crippen molar-refractivity contribution < 1.29 is 14.0 Å². The Kier molecular flexibility index (Phi) is 7.85. The molecule has 144 valence electrons. The van der Waals surface area contributed by atoms with E-state index in [2.05, 4.69) is 16.0 Å². The van der Waals surface area contributed by atoms with Gasteiger partial charge in [0.25, 0.3) is 0 Å². The van der Waals surface area contributed by atoms with Crippen LogP contribution in [0.25, 0.3) is 0 Å². The third-order valence-electron chi connectivity index (χ3n) is 5.08. The molecule has 1 unspecified atom stereocenters. The highest BCUT2D eigenvalue weighted by Crippen LogP contribution is 2.32. The minimum absolute atomic E-state index is 0. The standard InChI is InChI=1S/C19H26FN3O2.ClH/c20-13-7-8-15-16(12-18(24)23-17(15)11-13)19(25)22-10-9-21-14-5-3-1-2-4-6-14;/h7-8,11,14,16,21H,1-6,9-10,12H2,(H,22,25)(H,23,24);1H. The number of fused-ring (bicyclic) bond motifs is 1. The number of carbonyl (C=O) groups is 2. The van der Waals surface area contributed by atoms with Crippen molar-refractivity contribution in [1.82, 2.24) is 10.6 Å². The van der Waals surface area contributed by atoms with Gasteiger partial charge < -0.3 is 16.0 Å². The van der Waals surface area contributed by atoms with Crippen molar-refractivity contribution in [1.29, 1.82) is 0 Å². The van der Waals surface area contributed by atoms with Crippen LogP contribution in [0.3, 0.4) is 0 Å². The van der Waals surface area contributed by atoms with Crippen LogP contribution >= 0.6 is 12.4 Å². The number of halogens is 2. The number of rotatable bonds is 5. The van der Waals surface area contributed by atoms with E-state index in [9.17, 15) is 14.0 Å². The molecule has 0 saturated heterocycles. The molecule has 3 N–H and O–H groups in total. The summed E-state index contributed by atoms with van der Waals surface area (Å²) in [5.41, 5.74) is 1.07. The summed E-state index contributed by atoms with van der Waals surface area (Å²) in [6, 6.07) is 4.71. The third kappa shape index (κ3) is 5.42. The maximum atomic E-state index is 13.3. The molecule has 0 bridgehead atoms. The Balaban J connectivity index is 0.00000243. The Morgan fingerprint density at radius 3 is 2.62 bits per heavy atom. The van der Waals surface area contributed by atoms with Crippen molar-refractivity contribution in [2.45, 2.75) is 56.9 Å². The van der Waals surface area contributed by atoms with E-state index in [4.69, 9.17) is 0 Å². The zero-order valence-electron chi connectivity index (χ0n) is 14.9. The first-order valence-corrected chi connectivity index (χ1v) is 9.24. The Morgan fingerprint density at radius 1 is 1.15 bits per heavy atom. The van der Waals surface area contributed by atoms with Crippen molar-refractivity contribution in [2.75, 3.05) is 18.4 Å². The molecule has 1 atom stereocenters. The van der Waals surface area contributed by atoms with Crippen LogP contribution in [-0.2, 0) is 9.59 Å². The number of anilines is 1. The summed E-state index contributed by atoms with van der Waals surface area (Å²) in [5.74, 6) is -1.41. The summed E-state index contributed by atoms with van der Waals surface area (Å²) in [5, 5.41) is 9.05.